The number of hydrogen-bond donors (Lipinski definition) is 0. The average molecular weight is 166 g/mol. The molecule has 0 spiro atoms. The van der Waals surface area contributed by atoms with Crippen LogP contribution in [0.25, 0.3) is 0 Å². The van der Waals surface area contributed by atoms with Gasteiger partial charge in [-0.3, -0.25) is 9.80 Å². The molecule has 68 valence electrons. The minimum atomic E-state index is 0.542. The Bertz CT molecular complexity index is 165. The van der Waals surface area contributed by atoms with Gasteiger partial charge in [-0.15, -0.1) is 13.2 Å². The summed E-state index contributed by atoms with van der Waals surface area (Å²) in [6.45, 7) is 10.8. The zero-order valence-electron chi connectivity index (χ0n) is 7.87. The van der Waals surface area contributed by atoms with Crippen molar-refractivity contribution < 1.29 is 0 Å². The van der Waals surface area contributed by atoms with E-state index >= 15 is 0 Å². The second-order valence-corrected chi connectivity index (χ2v) is 3.27. The van der Waals surface area contributed by atoms with E-state index in [-0.39, 0.29) is 0 Å². The molecular weight excluding hydrogens is 148 g/mol. The highest BCUT2D eigenvalue weighted by Crippen LogP contribution is 2.15. The Labute approximate surface area is 75.2 Å². The van der Waals surface area contributed by atoms with E-state index in [4.69, 9.17) is 0 Å². The third-order valence-electron chi connectivity index (χ3n) is 2.41. The monoisotopic (exact) mass is 166 g/mol. The topological polar surface area (TPSA) is 6.48 Å². The summed E-state index contributed by atoms with van der Waals surface area (Å²) >= 11 is 0. The smallest absolute Gasteiger partial charge is 0.0658 e. The summed E-state index contributed by atoms with van der Waals surface area (Å²) in [4.78, 5) is 4.79. The Hall–Kier alpha value is -0.600. The van der Waals surface area contributed by atoms with Crippen molar-refractivity contribution in [3.8, 4) is 0 Å². The van der Waals surface area contributed by atoms with E-state index < -0.39 is 0 Å². The SMILES string of the molecule is C=CCC1N(C)CCN1CC=C. The van der Waals surface area contributed by atoms with E-state index in [1.807, 2.05) is 12.2 Å². The lowest BCUT2D eigenvalue weighted by molar-refractivity contribution is 0.175. The summed E-state index contributed by atoms with van der Waals surface area (Å²) in [5.74, 6) is 0. The molecule has 0 aromatic rings. The summed E-state index contributed by atoms with van der Waals surface area (Å²) in [6, 6.07) is 0. The number of hydrogen-bond acceptors (Lipinski definition) is 2. The molecule has 1 fully saturated rings. The van der Waals surface area contributed by atoms with E-state index in [1.165, 1.54) is 0 Å². The predicted octanol–water partition coefficient (Wildman–Crippen LogP) is 1.32. The van der Waals surface area contributed by atoms with Gasteiger partial charge in [-0.2, -0.15) is 0 Å². The van der Waals surface area contributed by atoms with Crippen LogP contribution in [0, 0.1) is 0 Å². The summed E-state index contributed by atoms with van der Waals surface area (Å²) in [7, 11) is 2.16. The second-order valence-electron chi connectivity index (χ2n) is 3.27. The fraction of sp³-hybridized carbons (Fsp3) is 0.600. The standard InChI is InChI=1S/C10H18N2/c1-4-6-10-11(3)8-9-12(10)7-5-2/h4-5,10H,1-2,6-9H2,3H3. The highest BCUT2D eigenvalue weighted by Gasteiger charge is 2.26. The van der Waals surface area contributed by atoms with Crippen molar-refractivity contribution in [1.29, 1.82) is 0 Å². The molecule has 0 radical (unpaired) electrons. The molecule has 0 aromatic heterocycles. The van der Waals surface area contributed by atoms with Gasteiger partial charge in [0.15, 0.2) is 0 Å². The highest BCUT2D eigenvalue weighted by molar-refractivity contribution is 4.88. The summed E-state index contributed by atoms with van der Waals surface area (Å²) in [5, 5.41) is 0. The molecule has 2 heteroatoms. The first-order valence-electron chi connectivity index (χ1n) is 4.45. The number of rotatable bonds is 4. The van der Waals surface area contributed by atoms with Crippen molar-refractivity contribution in [3.63, 3.8) is 0 Å². The highest BCUT2D eigenvalue weighted by atomic mass is 15.4. The van der Waals surface area contributed by atoms with Gasteiger partial charge in [0.05, 0.1) is 6.17 Å². The first-order chi connectivity index (χ1) is 5.79. The fourth-order valence-corrected chi connectivity index (χ4v) is 1.72. The molecule has 0 aromatic carbocycles. The van der Waals surface area contributed by atoms with Gasteiger partial charge in [-0.25, -0.2) is 0 Å². The van der Waals surface area contributed by atoms with Crippen LogP contribution in [0.5, 0.6) is 0 Å². The fourth-order valence-electron chi connectivity index (χ4n) is 1.72. The van der Waals surface area contributed by atoms with Crippen LogP contribution in [0.4, 0.5) is 0 Å². The van der Waals surface area contributed by atoms with Gasteiger partial charge in [-0.05, 0) is 13.5 Å². The Balaban J connectivity index is 2.50. The number of likely N-dealkylation sites (N-methyl/N-ethyl adjacent to an activating group) is 1. The van der Waals surface area contributed by atoms with Crippen molar-refractivity contribution in [1.82, 2.24) is 9.80 Å². The van der Waals surface area contributed by atoms with E-state index in [2.05, 4.69) is 30.0 Å². The van der Waals surface area contributed by atoms with Crippen LogP contribution in [0.15, 0.2) is 25.3 Å². The van der Waals surface area contributed by atoms with Gasteiger partial charge in [0.25, 0.3) is 0 Å². The number of nitrogens with zero attached hydrogens (tertiary/aromatic N) is 2. The van der Waals surface area contributed by atoms with Gasteiger partial charge in [0.2, 0.25) is 0 Å². The van der Waals surface area contributed by atoms with E-state index in [9.17, 15) is 0 Å². The first-order valence-corrected chi connectivity index (χ1v) is 4.45. The molecule has 0 saturated carbocycles. The first kappa shape index (κ1) is 9.49. The van der Waals surface area contributed by atoms with E-state index in [0.29, 0.717) is 6.17 Å². The second kappa shape index (κ2) is 4.43. The van der Waals surface area contributed by atoms with Gasteiger partial charge in [-0.1, -0.05) is 12.2 Å². The molecule has 0 N–H and O–H groups in total. The minimum Gasteiger partial charge on any atom is -0.289 e. The summed E-state index contributed by atoms with van der Waals surface area (Å²) < 4.78 is 0. The molecular formula is C10H18N2. The molecule has 1 heterocycles. The third-order valence-corrected chi connectivity index (χ3v) is 2.41. The predicted molar refractivity (Wildman–Crippen MR) is 53.0 cm³/mol. The molecule has 12 heavy (non-hydrogen) atoms. The lowest BCUT2D eigenvalue weighted by Gasteiger charge is -2.25. The van der Waals surface area contributed by atoms with Gasteiger partial charge < -0.3 is 0 Å². The average Bonchev–Trinajstić information content (AvgIpc) is 2.37. The molecule has 1 aliphatic rings. The van der Waals surface area contributed by atoms with Crippen molar-refractivity contribution in [2.75, 3.05) is 26.7 Å². The molecule has 1 atom stereocenters. The zero-order chi connectivity index (χ0) is 8.97. The Morgan fingerprint density at radius 2 is 2.08 bits per heavy atom. The molecule has 0 amide bonds. The molecule has 1 saturated heterocycles. The van der Waals surface area contributed by atoms with Crippen LogP contribution < -0.4 is 0 Å². The van der Waals surface area contributed by atoms with Crippen LogP contribution in [0.1, 0.15) is 6.42 Å². The zero-order valence-corrected chi connectivity index (χ0v) is 7.87. The maximum atomic E-state index is 3.77. The van der Waals surface area contributed by atoms with Crippen LogP contribution in [0.3, 0.4) is 0 Å². The minimum absolute atomic E-state index is 0.542. The van der Waals surface area contributed by atoms with Crippen LogP contribution in [-0.4, -0.2) is 42.6 Å². The Morgan fingerprint density at radius 1 is 1.33 bits per heavy atom. The van der Waals surface area contributed by atoms with Crippen molar-refractivity contribution >= 4 is 0 Å². The molecule has 0 bridgehead atoms. The molecule has 1 unspecified atom stereocenters. The van der Waals surface area contributed by atoms with Crippen molar-refractivity contribution in [3.05, 3.63) is 25.3 Å². The van der Waals surface area contributed by atoms with Gasteiger partial charge >= 0.3 is 0 Å². The normalized spacial score (nSPS) is 25.9. The lowest BCUT2D eigenvalue weighted by atomic mass is 10.3. The molecule has 1 rings (SSSR count). The lowest BCUT2D eigenvalue weighted by Crippen LogP contribution is -2.36. The molecule has 1 aliphatic heterocycles. The van der Waals surface area contributed by atoms with Crippen LogP contribution in [-0.2, 0) is 0 Å². The van der Waals surface area contributed by atoms with Crippen molar-refractivity contribution in [2.45, 2.75) is 12.6 Å². The quantitative estimate of drug-likeness (QED) is 0.581. The summed E-state index contributed by atoms with van der Waals surface area (Å²) in [5.41, 5.74) is 0. The maximum absolute atomic E-state index is 3.77. The van der Waals surface area contributed by atoms with Crippen LogP contribution >= 0.6 is 0 Å². The van der Waals surface area contributed by atoms with Gasteiger partial charge in [0.1, 0.15) is 0 Å². The van der Waals surface area contributed by atoms with E-state index in [0.717, 1.165) is 26.1 Å². The molecule has 2 nitrogen and oxygen atoms in total. The largest absolute Gasteiger partial charge is 0.289 e. The van der Waals surface area contributed by atoms with Gasteiger partial charge in [0, 0.05) is 19.6 Å². The Morgan fingerprint density at radius 3 is 2.67 bits per heavy atom. The van der Waals surface area contributed by atoms with E-state index in [1.54, 1.807) is 0 Å². The van der Waals surface area contributed by atoms with Crippen molar-refractivity contribution in [2.24, 2.45) is 0 Å². The summed E-state index contributed by atoms with van der Waals surface area (Å²) in [6.07, 6.45) is 5.54. The third kappa shape index (κ3) is 1.96. The molecule has 0 aliphatic carbocycles. The Kier molecular flexibility index (Phi) is 3.50. The maximum Gasteiger partial charge on any atom is 0.0658 e. The van der Waals surface area contributed by atoms with Crippen LogP contribution in [0.2, 0.25) is 0 Å².